The van der Waals surface area contributed by atoms with Crippen LogP contribution in [-0.2, 0) is 6.42 Å². The number of carbonyl (C=O) groups excluding carboxylic acids is 1. The monoisotopic (exact) mass is 320 g/mol. The second-order valence-corrected chi connectivity index (χ2v) is 5.66. The summed E-state index contributed by atoms with van der Waals surface area (Å²) < 4.78 is 28.3. The number of benzene rings is 1. The van der Waals surface area contributed by atoms with Crippen molar-refractivity contribution in [2.45, 2.75) is 32.2 Å². The van der Waals surface area contributed by atoms with Gasteiger partial charge in [-0.2, -0.15) is 0 Å². The lowest BCUT2D eigenvalue weighted by atomic mass is 10.0. The summed E-state index contributed by atoms with van der Waals surface area (Å²) >= 11 is 0. The molecule has 23 heavy (non-hydrogen) atoms. The first-order chi connectivity index (χ1) is 11.1. The Morgan fingerprint density at radius 1 is 1.26 bits per heavy atom. The average molecular weight is 320 g/mol. The van der Waals surface area contributed by atoms with Crippen LogP contribution in [0.3, 0.4) is 0 Å². The van der Waals surface area contributed by atoms with Crippen LogP contribution in [0.5, 0.6) is 0 Å². The maximum absolute atomic E-state index is 13.3. The first-order valence-electron chi connectivity index (χ1n) is 7.73. The largest absolute Gasteiger partial charge is 0.338 e. The molecule has 3 rings (SSSR count). The molecule has 2 heterocycles. The normalized spacial score (nSPS) is 15.9. The van der Waals surface area contributed by atoms with Gasteiger partial charge in [-0.05, 0) is 31.0 Å². The predicted molar refractivity (Wildman–Crippen MR) is 79.9 cm³/mol. The number of amides is 1. The van der Waals surface area contributed by atoms with E-state index >= 15 is 0 Å². The predicted octanol–water partition coefficient (Wildman–Crippen LogP) is 2.60. The highest BCUT2D eigenvalue weighted by molar-refractivity contribution is 5.94. The molecule has 0 atom stereocenters. The third-order valence-electron chi connectivity index (χ3n) is 4.28. The molecule has 1 saturated heterocycles. The van der Waals surface area contributed by atoms with Gasteiger partial charge >= 0.3 is 0 Å². The Balaban J connectivity index is 1.66. The molecule has 1 aromatic carbocycles. The lowest BCUT2D eigenvalue weighted by Crippen LogP contribution is -2.39. The highest BCUT2D eigenvalue weighted by Crippen LogP contribution is 2.24. The highest BCUT2D eigenvalue weighted by Gasteiger charge is 2.26. The van der Waals surface area contributed by atoms with Crippen molar-refractivity contribution in [2.24, 2.45) is 0 Å². The Morgan fingerprint density at radius 3 is 2.65 bits per heavy atom. The molecule has 1 aliphatic rings. The third kappa shape index (κ3) is 3.09. The first-order valence-corrected chi connectivity index (χ1v) is 7.73. The summed E-state index contributed by atoms with van der Waals surface area (Å²) in [6.45, 7) is 3.18. The van der Waals surface area contributed by atoms with E-state index in [9.17, 15) is 13.6 Å². The smallest absolute Gasteiger partial charge is 0.253 e. The topological polar surface area (TPSA) is 51.0 Å². The number of aryl methyl sites for hydroxylation is 1. The van der Waals surface area contributed by atoms with Gasteiger partial charge in [-0.15, -0.1) is 10.2 Å². The molecular weight excluding hydrogens is 302 g/mol. The molecule has 0 radical (unpaired) electrons. The standard InChI is InChI=1S/C16H18F2N4O/c1-2-15-20-19-10-22(15)12-5-7-21(8-6-12)16(23)11-3-4-13(17)14(18)9-11/h3-4,9-10,12H,2,5-8H2,1H3. The van der Waals surface area contributed by atoms with Gasteiger partial charge in [0.15, 0.2) is 11.6 Å². The van der Waals surface area contributed by atoms with Crippen LogP contribution in [0, 0.1) is 11.6 Å². The number of halogens is 2. The van der Waals surface area contributed by atoms with E-state index in [1.807, 2.05) is 6.92 Å². The zero-order chi connectivity index (χ0) is 16.4. The number of likely N-dealkylation sites (tertiary alicyclic amines) is 1. The van der Waals surface area contributed by atoms with Crippen LogP contribution in [0.15, 0.2) is 24.5 Å². The van der Waals surface area contributed by atoms with E-state index < -0.39 is 11.6 Å². The van der Waals surface area contributed by atoms with Crippen LogP contribution < -0.4 is 0 Å². The van der Waals surface area contributed by atoms with E-state index in [4.69, 9.17) is 0 Å². The second-order valence-electron chi connectivity index (χ2n) is 5.66. The molecular formula is C16H18F2N4O. The molecule has 0 bridgehead atoms. The second kappa shape index (κ2) is 6.44. The number of piperidine rings is 1. The van der Waals surface area contributed by atoms with Gasteiger partial charge in [-0.25, -0.2) is 8.78 Å². The quantitative estimate of drug-likeness (QED) is 0.873. The molecule has 1 aromatic heterocycles. The Hall–Kier alpha value is -2.31. The molecule has 5 nitrogen and oxygen atoms in total. The summed E-state index contributed by atoms with van der Waals surface area (Å²) in [5, 5.41) is 8.03. The van der Waals surface area contributed by atoms with Gasteiger partial charge in [0.1, 0.15) is 12.2 Å². The summed E-state index contributed by atoms with van der Waals surface area (Å²) in [4.78, 5) is 14.1. The van der Waals surface area contributed by atoms with Crippen molar-refractivity contribution in [3.05, 3.63) is 47.5 Å². The van der Waals surface area contributed by atoms with E-state index in [1.165, 1.54) is 6.07 Å². The van der Waals surface area contributed by atoms with Crippen molar-refractivity contribution >= 4 is 5.91 Å². The fourth-order valence-electron chi connectivity index (χ4n) is 2.98. The molecule has 0 unspecified atom stereocenters. The zero-order valence-corrected chi connectivity index (χ0v) is 12.9. The van der Waals surface area contributed by atoms with Crippen molar-refractivity contribution < 1.29 is 13.6 Å². The molecule has 2 aromatic rings. The summed E-state index contributed by atoms with van der Waals surface area (Å²) in [6, 6.07) is 3.54. The van der Waals surface area contributed by atoms with Gasteiger partial charge in [0.2, 0.25) is 0 Å². The molecule has 0 aliphatic carbocycles. The molecule has 7 heteroatoms. The number of hydrogen-bond acceptors (Lipinski definition) is 3. The summed E-state index contributed by atoms with van der Waals surface area (Å²) in [5.74, 6) is -1.26. The van der Waals surface area contributed by atoms with Crippen molar-refractivity contribution in [3.8, 4) is 0 Å². The maximum Gasteiger partial charge on any atom is 0.253 e. The third-order valence-corrected chi connectivity index (χ3v) is 4.28. The number of rotatable bonds is 3. The minimum absolute atomic E-state index is 0.181. The fraction of sp³-hybridized carbons (Fsp3) is 0.438. The minimum Gasteiger partial charge on any atom is -0.338 e. The Morgan fingerprint density at radius 2 is 2.00 bits per heavy atom. The molecule has 1 fully saturated rings. The number of aromatic nitrogens is 3. The number of carbonyl (C=O) groups is 1. The summed E-state index contributed by atoms with van der Waals surface area (Å²) in [7, 11) is 0. The minimum atomic E-state index is -0.997. The van der Waals surface area contributed by atoms with Crippen LogP contribution in [-0.4, -0.2) is 38.7 Å². The average Bonchev–Trinajstić information content (AvgIpc) is 3.05. The Kier molecular flexibility index (Phi) is 4.36. The Labute approximate surface area is 132 Å². The SMILES string of the molecule is CCc1nncn1C1CCN(C(=O)c2ccc(F)c(F)c2)CC1. The van der Waals surface area contributed by atoms with Gasteiger partial charge in [-0.1, -0.05) is 6.92 Å². The van der Waals surface area contributed by atoms with Crippen LogP contribution in [0.25, 0.3) is 0 Å². The van der Waals surface area contributed by atoms with Gasteiger partial charge < -0.3 is 9.47 Å². The fourth-order valence-corrected chi connectivity index (χ4v) is 2.98. The number of hydrogen-bond donors (Lipinski definition) is 0. The van der Waals surface area contributed by atoms with Crippen LogP contribution >= 0.6 is 0 Å². The first kappa shape index (κ1) is 15.6. The lowest BCUT2D eigenvalue weighted by molar-refractivity contribution is 0.0693. The number of nitrogens with zero attached hydrogens (tertiary/aromatic N) is 4. The summed E-state index contributed by atoms with van der Waals surface area (Å²) in [5.41, 5.74) is 0.181. The molecule has 1 amide bonds. The lowest BCUT2D eigenvalue weighted by Gasteiger charge is -2.33. The van der Waals surface area contributed by atoms with Crippen molar-refractivity contribution in [1.29, 1.82) is 0 Å². The van der Waals surface area contributed by atoms with E-state index in [2.05, 4.69) is 14.8 Å². The van der Waals surface area contributed by atoms with Crippen molar-refractivity contribution in [1.82, 2.24) is 19.7 Å². The van der Waals surface area contributed by atoms with Crippen LogP contribution in [0.4, 0.5) is 8.78 Å². The van der Waals surface area contributed by atoms with E-state index in [0.29, 0.717) is 13.1 Å². The molecule has 0 spiro atoms. The molecule has 0 N–H and O–H groups in total. The van der Waals surface area contributed by atoms with Gasteiger partial charge in [-0.3, -0.25) is 4.79 Å². The highest BCUT2D eigenvalue weighted by atomic mass is 19.2. The van der Waals surface area contributed by atoms with E-state index in [0.717, 1.165) is 37.2 Å². The van der Waals surface area contributed by atoms with Gasteiger partial charge in [0.05, 0.1) is 0 Å². The van der Waals surface area contributed by atoms with Gasteiger partial charge in [0.25, 0.3) is 5.91 Å². The van der Waals surface area contributed by atoms with Gasteiger partial charge in [0, 0.05) is 31.1 Å². The van der Waals surface area contributed by atoms with Crippen LogP contribution in [0.2, 0.25) is 0 Å². The van der Waals surface area contributed by atoms with E-state index in [-0.39, 0.29) is 17.5 Å². The van der Waals surface area contributed by atoms with Crippen LogP contribution in [0.1, 0.15) is 42.0 Å². The molecule has 122 valence electrons. The van der Waals surface area contributed by atoms with Crippen molar-refractivity contribution in [2.75, 3.05) is 13.1 Å². The van der Waals surface area contributed by atoms with E-state index in [1.54, 1.807) is 11.2 Å². The molecule has 1 aliphatic heterocycles. The maximum atomic E-state index is 13.3. The molecule has 0 saturated carbocycles. The zero-order valence-electron chi connectivity index (χ0n) is 12.9. The Bertz CT molecular complexity index is 708. The van der Waals surface area contributed by atoms with Crippen molar-refractivity contribution in [3.63, 3.8) is 0 Å². The summed E-state index contributed by atoms with van der Waals surface area (Å²) in [6.07, 6.45) is 4.13.